The highest BCUT2D eigenvalue weighted by Crippen LogP contribution is 2.47. The summed E-state index contributed by atoms with van der Waals surface area (Å²) >= 11 is 2.24. The topological polar surface area (TPSA) is 37.3 Å². The van der Waals surface area contributed by atoms with Crippen molar-refractivity contribution < 1.29 is 9.90 Å². The van der Waals surface area contributed by atoms with Crippen LogP contribution in [0.5, 0.6) is 0 Å². The van der Waals surface area contributed by atoms with Gasteiger partial charge in [0.05, 0.1) is 5.92 Å². The highest BCUT2D eigenvalue weighted by molar-refractivity contribution is 14.1. The molecule has 2 rings (SSSR count). The Balaban J connectivity index is 2.12. The summed E-state index contributed by atoms with van der Waals surface area (Å²) in [6.45, 7) is 0. The van der Waals surface area contributed by atoms with Gasteiger partial charge in [0.2, 0.25) is 0 Å². The summed E-state index contributed by atoms with van der Waals surface area (Å²) in [5.74, 6) is -0.543. The second kappa shape index (κ2) is 3.29. The SMILES string of the molecule is O=C(O)[C@@H]1C[C@H]1c1ccc(I)cc1. The lowest BCUT2D eigenvalue weighted by Gasteiger charge is -1.97. The quantitative estimate of drug-likeness (QED) is 0.849. The van der Waals surface area contributed by atoms with Crippen molar-refractivity contribution in [1.82, 2.24) is 0 Å². The molecule has 1 aliphatic carbocycles. The van der Waals surface area contributed by atoms with Crippen molar-refractivity contribution in [3.05, 3.63) is 33.4 Å². The molecule has 0 saturated heterocycles. The Morgan fingerprint density at radius 2 is 2.00 bits per heavy atom. The van der Waals surface area contributed by atoms with Crippen LogP contribution in [0.2, 0.25) is 0 Å². The molecule has 0 bridgehead atoms. The molecule has 1 aliphatic rings. The second-order valence-corrected chi connectivity index (χ2v) is 4.58. The number of benzene rings is 1. The fraction of sp³-hybridized carbons (Fsp3) is 0.300. The molecule has 13 heavy (non-hydrogen) atoms. The predicted molar refractivity (Wildman–Crippen MR) is 57.6 cm³/mol. The van der Waals surface area contributed by atoms with E-state index in [1.807, 2.05) is 24.3 Å². The largest absolute Gasteiger partial charge is 0.481 e. The molecule has 1 N–H and O–H groups in total. The van der Waals surface area contributed by atoms with Gasteiger partial charge in [-0.3, -0.25) is 4.79 Å². The first-order chi connectivity index (χ1) is 6.18. The molecule has 2 nitrogen and oxygen atoms in total. The summed E-state index contributed by atoms with van der Waals surface area (Å²) in [6.07, 6.45) is 0.802. The van der Waals surface area contributed by atoms with Gasteiger partial charge in [-0.05, 0) is 52.6 Å². The number of hydrogen-bond donors (Lipinski definition) is 1. The number of hydrogen-bond acceptors (Lipinski definition) is 1. The molecular weight excluding hydrogens is 279 g/mol. The van der Waals surface area contributed by atoms with Gasteiger partial charge in [-0.1, -0.05) is 12.1 Å². The molecule has 0 amide bonds. The van der Waals surface area contributed by atoms with Crippen molar-refractivity contribution in [3.63, 3.8) is 0 Å². The number of carbonyl (C=O) groups is 1. The van der Waals surface area contributed by atoms with Gasteiger partial charge >= 0.3 is 5.97 Å². The van der Waals surface area contributed by atoms with Crippen LogP contribution >= 0.6 is 22.6 Å². The first kappa shape index (κ1) is 8.99. The van der Waals surface area contributed by atoms with Crippen LogP contribution in [0.15, 0.2) is 24.3 Å². The normalized spacial score (nSPS) is 25.6. The standard InChI is InChI=1S/C10H9IO2/c11-7-3-1-6(2-4-7)8-5-9(8)10(12)13/h1-4,8-9H,5H2,(H,12,13)/t8-,9+/m0/s1. The summed E-state index contributed by atoms with van der Waals surface area (Å²) in [5, 5.41) is 8.74. The van der Waals surface area contributed by atoms with Crippen LogP contribution in [0, 0.1) is 9.49 Å². The van der Waals surface area contributed by atoms with E-state index in [1.165, 1.54) is 3.57 Å². The van der Waals surface area contributed by atoms with E-state index in [0.29, 0.717) is 0 Å². The number of halogens is 1. The van der Waals surface area contributed by atoms with Crippen molar-refractivity contribution in [2.75, 3.05) is 0 Å². The number of carboxylic acids is 1. The second-order valence-electron chi connectivity index (χ2n) is 3.34. The molecule has 1 aromatic carbocycles. The zero-order valence-electron chi connectivity index (χ0n) is 6.90. The van der Waals surface area contributed by atoms with Crippen molar-refractivity contribution in [2.24, 2.45) is 5.92 Å². The summed E-state index contributed by atoms with van der Waals surface area (Å²) in [5.41, 5.74) is 1.16. The first-order valence-electron chi connectivity index (χ1n) is 4.17. The van der Waals surface area contributed by atoms with Crippen LogP contribution in [0.3, 0.4) is 0 Å². The van der Waals surface area contributed by atoms with Crippen LogP contribution in [-0.4, -0.2) is 11.1 Å². The molecule has 1 fully saturated rings. The van der Waals surface area contributed by atoms with Gasteiger partial charge in [-0.25, -0.2) is 0 Å². The minimum Gasteiger partial charge on any atom is -0.481 e. The number of aliphatic carboxylic acids is 1. The third kappa shape index (κ3) is 1.85. The maximum absolute atomic E-state index is 10.6. The lowest BCUT2D eigenvalue weighted by Crippen LogP contribution is -1.98. The maximum atomic E-state index is 10.6. The van der Waals surface area contributed by atoms with Crippen LogP contribution in [0.4, 0.5) is 0 Å². The average molecular weight is 288 g/mol. The molecule has 68 valence electrons. The minimum absolute atomic E-state index is 0.139. The van der Waals surface area contributed by atoms with Crippen LogP contribution in [0.25, 0.3) is 0 Å². The van der Waals surface area contributed by atoms with E-state index in [2.05, 4.69) is 22.6 Å². The van der Waals surface area contributed by atoms with Crippen molar-refractivity contribution in [2.45, 2.75) is 12.3 Å². The van der Waals surface area contributed by atoms with Crippen molar-refractivity contribution >= 4 is 28.6 Å². The molecule has 3 heteroatoms. The predicted octanol–water partition coefficient (Wildman–Crippen LogP) is 2.48. The minimum atomic E-state index is -0.663. The Kier molecular flexibility index (Phi) is 2.27. The van der Waals surface area contributed by atoms with E-state index in [0.717, 1.165) is 12.0 Å². The molecule has 0 heterocycles. The van der Waals surface area contributed by atoms with E-state index in [9.17, 15) is 4.79 Å². The van der Waals surface area contributed by atoms with Crippen LogP contribution < -0.4 is 0 Å². The van der Waals surface area contributed by atoms with Gasteiger partial charge in [0.25, 0.3) is 0 Å². The zero-order valence-corrected chi connectivity index (χ0v) is 9.06. The molecule has 0 spiro atoms. The molecule has 1 saturated carbocycles. The highest BCUT2D eigenvalue weighted by Gasteiger charge is 2.43. The van der Waals surface area contributed by atoms with Gasteiger partial charge < -0.3 is 5.11 Å². The molecule has 0 aliphatic heterocycles. The van der Waals surface area contributed by atoms with E-state index in [-0.39, 0.29) is 11.8 Å². The third-order valence-electron chi connectivity index (χ3n) is 2.41. The molecule has 0 radical (unpaired) electrons. The Bertz CT molecular complexity index is 331. The molecule has 1 aromatic rings. The van der Waals surface area contributed by atoms with E-state index >= 15 is 0 Å². The highest BCUT2D eigenvalue weighted by atomic mass is 127. The average Bonchev–Trinajstić information content (AvgIpc) is 2.85. The number of rotatable bonds is 2. The maximum Gasteiger partial charge on any atom is 0.307 e. The van der Waals surface area contributed by atoms with Gasteiger partial charge in [0.1, 0.15) is 0 Å². The first-order valence-corrected chi connectivity index (χ1v) is 5.24. The molecule has 0 aromatic heterocycles. The lowest BCUT2D eigenvalue weighted by atomic mass is 10.1. The Morgan fingerprint density at radius 1 is 1.38 bits per heavy atom. The number of carboxylic acid groups (broad SMARTS) is 1. The van der Waals surface area contributed by atoms with Gasteiger partial charge in [0.15, 0.2) is 0 Å². The van der Waals surface area contributed by atoms with E-state index < -0.39 is 5.97 Å². The molecular formula is C10H9IO2. The molecule has 2 atom stereocenters. The summed E-state index contributed by atoms with van der Waals surface area (Å²) in [4.78, 5) is 10.6. The molecule has 0 unspecified atom stereocenters. The monoisotopic (exact) mass is 288 g/mol. The van der Waals surface area contributed by atoms with Crippen LogP contribution in [0.1, 0.15) is 17.9 Å². The zero-order chi connectivity index (χ0) is 9.42. The lowest BCUT2D eigenvalue weighted by molar-refractivity contribution is -0.138. The van der Waals surface area contributed by atoms with Gasteiger partial charge in [-0.2, -0.15) is 0 Å². The Morgan fingerprint density at radius 3 is 2.46 bits per heavy atom. The van der Waals surface area contributed by atoms with Crippen molar-refractivity contribution in [3.8, 4) is 0 Å². The van der Waals surface area contributed by atoms with Gasteiger partial charge in [-0.15, -0.1) is 0 Å². The fourth-order valence-corrected chi connectivity index (χ4v) is 1.91. The van der Waals surface area contributed by atoms with Gasteiger partial charge in [0, 0.05) is 3.57 Å². The summed E-state index contributed by atoms with van der Waals surface area (Å²) in [7, 11) is 0. The van der Waals surface area contributed by atoms with E-state index in [1.54, 1.807) is 0 Å². The smallest absolute Gasteiger partial charge is 0.307 e. The third-order valence-corrected chi connectivity index (χ3v) is 3.12. The van der Waals surface area contributed by atoms with Crippen LogP contribution in [-0.2, 0) is 4.79 Å². The Labute approximate surface area is 90.1 Å². The summed E-state index contributed by atoms with van der Waals surface area (Å²) < 4.78 is 1.19. The Hall–Kier alpha value is -0.580. The fourth-order valence-electron chi connectivity index (χ4n) is 1.55. The van der Waals surface area contributed by atoms with Crippen molar-refractivity contribution in [1.29, 1.82) is 0 Å². The van der Waals surface area contributed by atoms with E-state index in [4.69, 9.17) is 5.11 Å². The summed E-state index contributed by atoms with van der Waals surface area (Å²) in [6, 6.07) is 8.09.